The average Bonchev–Trinajstić information content (AvgIpc) is 2.40. The number of hydrogen-bond donors (Lipinski definition) is 1. The van der Waals surface area contributed by atoms with Crippen molar-refractivity contribution in [3.05, 3.63) is 70.8 Å². The normalized spacial score (nSPS) is 10.1. The van der Waals surface area contributed by atoms with Crippen LogP contribution in [0.1, 0.15) is 31.8 Å². The Hall–Kier alpha value is -2.62. The average molecular weight is 255 g/mol. The van der Waals surface area contributed by atoms with Gasteiger partial charge >= 0.3 is 5.97 Å². The van der Waals surface area contributed by atoms with E-state index in [-0.39, 0.29) is 11.1 Å². The third kappa shape index (κ3) is 3.19. The maximum absolute atomic E-state index is 10.7. The molecule has 4 nitrogen and oxygen atoms in total. The SMILES string of the molecule is O=C([O-])c1ccc(Cc2ccc(C(=O)O)cc2)cc1. The monoisotopic (exact) mass is 255 g/mol. The van der Waals surface area contributed by atoms with Crippen LogP contribution in [0.15, 0.2) is 48.5 Å². The molecule has 0 aliphatic carbocycles. The fourth-order valence-corrected chi connectivity index (χ4v) is 1.76. The molecular formula is C15H11O4-. The molecule has 4 heteroatoms. The molecule has 2 aromatic carbocycles. The van der Waals surface area contributed by atoms with E-state index in [1.807, 2.05) is 0 Å². The third-order valence-electron chi connectivity index (χ3n) is 2.80. The number of benzene rings is 2. The molecule has 0 radical (unpaired) electrons. The van der Waals surface area contributed by atoms with Crippen molar-refractivity contribution < 1.29 is 19.8 Å². The van der Waals surface area contributed by atoms with Gasteiger partial charge in [-0.1, -0.05) is 36.4 Å². The van der Waals surface area contributed by atoms with Gasteiger partial charge in [0.25, 0.3) is 0 Å². The largest absolute Gasteiger partial charge is 0.545 e. The van der Waals surface area contributed by atoms with Crippen LogP contribution < -0.4 is 5.11 Å². The van der Waals surface area contributed by atoms with E-state index in [4.69, 9.17) is 5.11 Å². The highest BCUT2D eigenvalue weighted by molar-refractivity contribution is 5.87. The highest BCUT2D eigenvalue weighted by Crippen LogP contribution is 2.12. The molecule has 0 unspecified atom stereocenters. The van der Waals surface area contributed by atoms with E-state index >= 15 is 0 Å². The Kier molecular flexibility index (Phi) is 3.61. The van der Waals surface area contributed by atoms with Crippen LogP contribution in [0.25, 0.3) is 0 Å². The fourth-order valence-electron chi connectivity index (χ4n) is 1.76. The molecule has 0 amide bonds. The third-order valence-corrected chi connectivity index (χ3v) is 2.80. The van der Waals surface area contributed by atoms with Crippen LogP contribution in [-0.4, -0.2) is 17.0 Å². The van der Waals surface area contributed by atoms with Gasteiger partial charge in [-0.2, -0.15) is 0 Å². The maximum Gasteiger partial charge on any atom is 0.335 e. The van der Waals surface area contributed by atoms with Crippen LogP contribution >= 0.6 is 0 Å². The van der Waals surface area contributed by atoms with Crippen molar-refractivity contribution >= 4 is 11.9 Å². The lowest BCUT2D eigenvalue weighted by Gasteiger charge is -2.05. The molecule has 1 N–H and O–H groups in total. The van der Waals surface area contributed by atoms with Gasteiger partial charge in [0.2, 0.25) is 0 Å². The maximum atomic E-state index is 10.7. The molecular weight excluding hydrogens is 244 g/mol. The molecule has 2 rings (SSSR count). The molecule has 0 saturated carbocycles. The summed E-state index contributed by atoms with van der Waals surface area (Å²) in [6.45, 7) is 0. The molecule has 0 bridgehead atoms. The molecule has 0 fully saturated rings. The van der Waals surface area contributed by atoms with Crippen LogP contribution in [0.4, 0.5) is 0 Å². The van der Waals surface area contributed by atoms with Crippen molar-refractivity contribution in [2.75, 3.05) is 0 Å². The number of rotatable bonds is 4. The van der Waals surface area contributed by atoms with Crippen LogP contribution in [0, 0.1) is 0 Å². The fraction of sp³-hybridized carbons (Fsp3) is 0.0667. The van der Waals surface area contributed by atoms with E-state index in [1.165, 1.54) is 12.1 Å². The van der Waals surface area contributed by atoms with Gasteiger partial charge in [0, 0.05) is 0 Å². The molecule has 0 aromatic heterocycles. The predicted molar refractivity (Wildman–Crippen MR) is 67.0 cm³/mol. The molecule has 2 aromatic rings. The molecule has 0 aliphatic rings. The van der Waals surface area contributed by atoms with E-state index in [9.17, 15) is 14.7 Å². The summed E-state index contributed by atoms with van der Waals surface area (Å²) >= 11 is 0. The minimum Gasteiger partial charge on any atom is -0.545 e. The Morgan fingerprint density at radius 2 is 1.26 bits per heavy atom. The summed E-state index contributed by atoms with van der Waals surface area (Å²) in [6, 6.07) is 13.0. The van der Waals surface area contributed by atoms with Gasteiger partial charge in [-0.05, 0) is 35.2 Å². The second-order valence-corrected chi connectivity index (χ2v) is 4.16. The van der Waals surface area contributed by atoms with Crippen molar-refractivity contribution in [2.45, 2.75) is 6.42 Å². The molecule has 0 saturated heterocycles. The zero-order chi connectivity index (χ0) is 13.8. The second-order valence-electron chi connectivity index (χ2n) is 4.16. The van der Waals surface area contributed by atoms with E-state index in [0.717, 1.165) is 11.1 Å². The Balaban J connectivity index is 2.12. The number of carboxylic acids is 2. The first-order chi connectivity index (χ1) is 9.06. The van der Waals surface area contributed by atoms with E-state index < -0.39 is 11.9 Å². The number of hydrogen-bond acceptors (Lipinski definition) is 3. The van der Waals surface area contributed by atoms with Crippen LogP contribution in [0.2, 0.25) is 0 Å². The molecule has 0 atom stereocenters. The predicted octanol–water partition coefficient (Wildman–Crippen LogP) is 1.34. The van der Waals surface area contributed by atoms with Crippen molar-refractivity contribution in [2.24, 2.45) is 0 Å². The first kappa shape index (κ1) is 12.8. The summed E-state index contributed by atoms with van der Waals surface area (Å²) in [6.07, 6.45) is 0.618. The standard InChI is InChI=1S/C15H12O4/c16-14(17)12-5-1-10(2-6-12)9-11-3-7-13(8-4-11)15(18)19/h1-8H,9H2,(H,16,17)(H,18,19)/p-1. The molecule has 19 heavy (non-hydrogen) atoms. The number of aromatic carboxylic acids is 2. The van der Waals surface area contributed by atoms with Gasteiger partial charge in [0.05, 0.1) is 11.5 Å². The van der Waals surface area contributed by atoms with E-state index in [0.29, 0.717) is 6.42 Å². The lowest BCUT2D eigenvalue weighted by Crippen LogP contribution is -2.21. The first-order valence-electron chi connectivity index (χ1n) is 5.69. The van der Waals surface area contributed by atoms with Gasteiger partial charge in [0.15, 0.2) is 0 Å². The van der Waals surface area contributed by atoms with E-state index in [1.54, 1.807) is 36.4 Å². The van der Waals surface area contributed by atoms with Gasteiger partial charge < -0.3 is 15.0 Å². The number of carbonyl (C=O) groups is 2. The van der Waals surface area contributed by atoms with Crippen LogP contribution in [0.5, 0.6) is 0 Å². The quantitative estimate of drug-likeness (QED) is 0.894. The Bertz CT molecular complexity index is 542. The summed E-state index contributed by atoms with van der Waals surface area (Å²) in [5.74, 6) is -2.15. The summed E-state index contributed by atoms with van der Waals surface area (Å²) in [5.41, 5.74) is 2.31. The topological polar surface area (TPSA) is 77.4 Å². The second kappa shape index (κ2) is 5.35. The Morgan fingerprint density at radius 3 is 1.63 bits per heavy atom. The number of carbonyl (C=O) groups excluding carboxylic acids is 1. The molecule has 96 valence electrons. The minimum atomic E-state index is -1.20. The highest BCUT2D eigenvalue weighted by Gasteiger charge is 2.02. The summed E-state index contributed by atoms with van der Waals surface area (Å²) in [4.78, 5) is 21.3. The summed E-state index contributed by atoms with van der Waals surface area (Å²) in [7, 11) is 0. The lowest BCUT2D eigenvalue weighted by atomic mass is 10.0. The van der Waals surface area contributed by atoms with Crippen LogP contribution in [-0.2, 0) is 6.42 Å². The van der Waals surface area contributed by atoms with Crippen LogP contribution in [0.3, 0.4) is 0 Å². The van der Waals surface area contributed by atoms with Gasteiger partial charge in [0.1, 0.15) is 0 Å². The smallest absolute Gasteiger partial charge is 0.335 e. The zero-order valence-electron chi connectivity index (χ0n) is 10.00. The van der Waals surface area contributed by atoms with Gasteiger partial charge in [-0.25, -0.2) is 4.79 Å². The Morgan fingerprint density at radius 1 is 0.842 bits per heavy atom. The summed E-state index contributed by atoms with van der Waals surface area (Å²) in [5, 5.41) is 19.4. The van der Waals surface area contributed by atoms with Crippen molar-refractivity contribution in [3.8, 4) is 0 Å². The van der Waals surface area contributed by atoms with Gasteiger partial charge in [-0.15, -0.1) is 0 Å². The van der Waals surface area contributed by atoms with Crippen molar-refractivity contribution in [1.82, 2.24) is 0 Å². The van der Waals surface area contributed by atoms with E-state index in [2.05, 4.69) is 0 Å². The molecule has 0 heterocycles. The Labute approximate surface area is 109 Å². The molecule has 0 aliphatic heterocycles. The summed E-state index contributed by atoms with van der Waals surface area (Å²) < 4.78 is 0. The first-order valence-corrected chi connectivity index (χ1v) is 5.69. The molecule has 0 spiro atoms. The zero-order valence-corrected chi connectivity index (χ0v) is 10.00. The van der Waals surface area contributed by atoms with Crippen molar-refractivity contribution in [3.63, 3.8) is 0 Å². The minimum absolute atomic E-state index is 0.143. The number of carboxylic acid groups (broad SMARTS) is 2. The highest BCUT2D eigenvalue weighted by atomic mass is 16.4. The lowest BCUT2D eigenvalue weighted by molar-refractivity contribution is -0.255. The van der Waals surface area contributed by atoms with Gasteiger partial charge in [-0.3, -0.25) is 0 Å². The van der Waals surface area contributed by atoms with Crippen molar-refractivity contribution in [1.29, 1.82) is 0 Å².